The third kappa shape index (κ3) is 7.65. The topological polar surface area (TPSA) is 162 Å². The van der Waals surface area contributed by atoms with E-state index in [2.05, 4.69) is 58.5 Å². The minimum absolute atomic E-state index is 0.0246. The van der Waals surface area contributed by atoms with Gasteiger partial charge in [-0.2, -0.15) is 5.10 Å². The predicted octanol–water partition coefficient (Wildman–Crippen LogP) is 4.91. The molecule has 1 atom stereocenters. The maximum Gasteiger partial charge on any atom is 0.255 e. The standard InChI is InChI=1S/C46H50FN11O4/c1-27-36(23-48-28(2)50-27)30-3-4-31-22-49-40(20-32(31)19-30)51-41-21-34-13-18-56(43(60)26-58(34)53-41)33-11-14-54(15-12-33)24-29-9-16-55(17-10-29)38-6-5-35-37(44(38)47)25-57(46(35)62)39-7-8-42(59)52-45(39)61/h3-6,19-23,29,33,39H,7-18,24-26H2,1-2H3,(H,49,51,53)(H,52,59,61). The van der Waals surface area contributed by atoms with E-state index in [-0.39, 0.29) is 49.7 Å². The maximum atomic E-state index is 16.0. The molecular weight excluding hydrogens is 790 g/mol. The van der Waals surface area contributed by atoms with Gasteiger partial charge in [0.1, 0.15) is 24.2 Å². The molecule has 16 heteroatoms. The summed E-state index contributed by atoms with van der Waals surface area (Å²) in [6.45, 7) is 9.08. The Morgan fingerprint density at radius 2 is 1.61 bits per heavy atom. The summed E-state index contributed by atoms with van der Waals surface area (Å²) >= 11 is 0. The molecule has 0 bridgehead atoms. The molecule has 10 rings (SSSR count). The molecule has 0 spiro atoms. The van der Waals surface area contributed by atoms with Crippen molar-refractivity contribution < 1.29 is 23.6 Å². The van der Waals surface area contributed by atoms with Crippen LogP contribution in [0.4, 0.5) is 21.7 Å². The second kappa shape index (κ2) is 16.2. The molecule has 4 amide bonds. The normalized spacial score (nSPS) is 20.4. The van der Waals surface area contributed by atoms with Crippen molar-refractivity contribution in [1.82, 2.24) is 44.7 Å². The number of halogens is 1. The minimum Gasteiger partial charge on any atom is -0.369 e. The van der Waals surface area contributed by atoms with E-state index in [1.54, 1.807) is 12.1 Å². The number of nitrogens with one attached hydrogen (secondary N) is 2. The molecule has 2 aromatic carbocycles. The number of pyridine rings is 1. The zero-order valence-electron chi connectivity index (χ0n) is 35.1. The van der Waals surface area contributed by atoms with E-state index >= 15 is 4.39 Å². The van der Waals surface area contributed by atoms with Crippen molar-refractivity contribution >= 4 is 51.7 Å². The first kappa shape index (κ1) is 39.8. The van der Waals surface area contributed by atoms with E-state index in [0.29, 0.717) is 40.9 Å². The number of nitrogens with zero attached hydrogens (tertiary/aromatic N) is 9. The van der Waals surface area contributed by atoms with E-state index in [4.69, 9.17) is 5.10 Å². The summed E-state index contributed by atoms with van der Waals surface area (Å²) in [7, 11) is 0. The Morgan fingerprint density at radius 1 is 0.790 bits per heavy atom. The molecule has 5 aliphatic heterocycles. The Kier molecular flexibility index (Phi) is 10.4. The van der Waals surface area contributed by atoms with Gasteiger partial charge in [-0.15, -0.1) is 0 Å². The third-order valence-electron chi connectivity index (χ3n) is 13.6. The van der Waals surface area contributed by atoms with Crippen LogP contribution in [0, 0.1) is 25.6 Å². The Hall–Kier alpha value is -6.29. The first-order valence-electron chi connectivity index (χ1n) is 21.8. The lowest BCUT2D eigenvalue weighted by Gasteiger charge is -2.41. The number of hydrogen-bond donors (Lipinski definition) is 2. The van der Waals surface area contributed by atoms with Crippen molar-refractivity contribution in [2.75, 3.05) is 49.5 Å². The van der Waals surface area contributed by atoms with Gasteiger partial charge in [0.25, 0.3) is 5.91 Å². The number of imide groups is 1. The summed E-state index contributed by atoms with van der Waals surface area (Å²) in [5.74, 6) is 1.07. The number of carbonyl (C=O) groups is 4. The van der Waals surface area contributed by atoms with Crippen molar-refractivity contribution in [3.8, 4) is 11.1 Å². The number of anilines is 3. The van der Waals surface area contributed by atoms with Gasteiger partial charge in [0.05, 0.1) is 12.2 Å². The summed E-state index contributed by atoms with van der Waals surface area (Å²) in [4.78, 5) is 72.6. The lowest BCUT2D eigenvalue weighted by Crippen LogP contribution is -2.52. The van der Waals surface area contributed by atoms with Crippen LogP contribution in [0.5, 0.6) is 0 Å². The Balaban J connectivity index is 0.699. The average molecular weight is 840 g/mol. The number of piperidine rings is 3. The second-order valence-corrected chi connectivity index (χ2v) is 17.5. The Bertz CT molecular complexity index is 2620. The van der Waals surface area contributed by atoms with Crippen LogP contribution in [-0.4, -0.2) is 114 Å². The fourth-order valence-electron chi connectivity index (χ4n) is 10.2. The number of fused-ring (bicyclic) bond motifs is 3. The minimum atomic E-state index is -0.772. The largest absolute Gasteiger partial charge is 0.369 e. The van der Waals surface area contributed by atoms with Crippen LogP contribution in [0.25, 0.3) is 21.9 Å². The van der Waals surface area contributed by atoms with Crippen LogP contribution < -0.4 is 15.5 Å². The van der Waals surface area contributed by atoms with Gasteiger partial charge < -0.3 is 24.9 Å². The molecule has 1 unspecified atom stereocenters. The molecule has 5 aliphatic rings. The van der Waals surface area contributed by atoms with Gasteiger partial charge in [0.15, 0.2) is 11.6 Å². The molecule has 0 saturated carbocycles. The van der Waals surface area contributed by atoms with Crippen molar-refractivity contribution in [2.45, 2.75) is 84.0 Å². The fraction of sp³-hybridized carbons (Fsp3) is 0.435. The number of benzene rings is 2. The van der Waals surface area contributed by atoms with Crippen LogP contribution in [0.3, 0.4) is 0 Å². The Labute approximate surface area is 358 Å². The maximum absolute atomic E-state index is 16.0. The van der Waals surface area contributed by atoms with Gasteiger partial charge in [-0.1, -0.05) is 12.1 Å². The molecule has 3 aromatic heterocycles. The highest BCUT2D eigenvalue weighted by molar-refractivity contribution is 6.05. The van der Waals surface area contributed by atoms with Crippen molar-refractivity contribution in [3.05, 3.63) is 89.0 Å². The first-order valence-corrected chi connectivity index (χ1v) is 21.8. The SMILES string of the molecule is Cc1ncc(-c2ccc3cnc(Nc4cc5n(n4)CC(=O)N(C4CCN(CC6CCN(c7ccc8c(c7F)CN(C7CCC(=O)NC7=O)C8=O)CC6)CC4)CC5)cc3c2)c(C)n1. The van der Waals surface area contributed by atoms with Gasteiger partial charge in [-0.25, -0.2) is 19.3 Å². The lowest BCUT2D eigenvalue weighted by molar-refractivity contribution is -0.137. The number of amides is 4. The summed E-state index contributed by atoms with van der Waals surface area (Å²) in [5.41, 5.74) is 5.12. The van der Waals surface area contributed by atoms with Gasteiger partial charge in [-0.05, 0) is 87.1 Å². The van der Waals surface area contributed by atoms with E-state index < -0.39 is 17.8 Å². The molecule has 8 heterocycles. The van der Waals surface area contributed by atoms with E-state index in [1.165, 1.54) is 4.90 Å². The van der Waals surface area contributed by atoms with E-state index in [9.17, 15) is 19.2 Å². The highest BCUT2D eigenvalue weighted by Gasteiger charge is 2.41. The quantitative estimate of drug-likeness (QED) is 0.204. The zero-order chi connectivity index (χ0) is 42.6. The lowest BCUT2D eigenvalue weighted by atomic mass is 9.93. The van der Waals surface area contributed by atoms with Gasteiger partial charge in [0.2, 0.25) is 17.7 Å². The first-order chi connectivity index (χ1) is 30.0. The molecule has 3 saturated heterocycles. The predicted molar refractivity (Wildman–Crippen MR) is 230 cm³/mol. The fourth-order valence-corrected chi connectivity index (χ4v) is 10.2. The summed E-state index contributed by atoms with van der Waals surface area (Å²) in [5, 5.41) is 12.5. The Morgan fingerprint density at radius 3 is 2.40 bits per heavy atom. The molecule has 62 heavy (non-hydrogen) atoms. The molecule has 15 nitrogen and oxygen atoms in total. The number of aryl methyl sites for hydroxylation is 2. The molecule has 0 radical (unpaired) electrons. The van der Waals surface area contributed by atoms with Crippen molar-refractivity contribution in [3.63, 3.8) is 0 Å². The number of aromatic nitrogens is 5. The number of likely N-dealkylation sites (tertiary alicyclic amines) is 1. The summed E-state index contributed by atoms with van der Waals surface area (Å²) in [6.07, 6.45) is 8.58. The number of carbonyl (C=O) groups excluding carboxylic acids is 4. The van der Waals surface area contributed by atoms with Crippen LogP contribution in [-0.2, 0) is 33.9 Å². The zero-order valence-corrected chi connectivity index (χ0v) is 35.1. The number of hydrogen-bond acceptors (Lipinski definition) is 11. The molecule has 3 fully saturated rings. The smallest absolute Gasteiger partial charge is 0.255 e. The molecule has 0 aliphatic carbocycles. The molecule has 5 aromatic rings. The average Bonchev–Trinajstić information content (AvgIpc) is 3.75. The van der Waals surface area contributed by atoms with Crippen LogP contribution in [0.15, 0.2) is 54.9 Å². The van der Waals surface area contributed by atoms with Gasteiger partial charge in [0, 0.05) is 110 Å². The van der Waals surface area contributed by atoms with E-state index in [1.807, 2.05) is 43.1 Å². The van der Waals surface area contributed by atoms with Crippen molar-refractivity contribution in [2.24, 2.45) is 5.92 Å². The molecular formula is C46H50FN11O4. The highest BCUT2D eigenvalue weighted by atomic mass is 19.1. The van der Waals surface area contributed by atoms with Gasteiger partial charge >= 0.3 is 0 Å². The van der Waals surface area contributed by atoms with E-state index in [0.717, 1.165) is 104 Å². The van der Waals surface area contributed by atoms with Crippen LogP contribution in [0.2, 0.25) is 0 Å². The van der Waals surface area contributed by atoms with Gasteiger partial charge in [-0.3, -0.25) is 29.2 Å². The summed E-state index contributed by atoms with van der Waals surface area (Å²) in [6, 6.07) is 13.1. The van der Waals surface area contributed by atoms with Crippen molar-refractivity contribution in [1.29, 1.82) is 0 Å². The number of rotatable bonds is 8. The summed E-state index contributed by atoms with van der Waals surface area (Å²) < 4.78 is 17.8. The monoisotopic (exact) mass is 839 g/mol. The van der Waals surface area contributed by atoms with Crippen LogP contribution in [0.1, 0.15) is 71.7 Å². The second-order valence-electron chi connectivity index (χ2n) is 17.5. The van der Waals surface area contributed by atoms with Crippen LogP contribution >= 0.6 is 0 Å². The highest BCUT2D eigenvalue weighted by Crippen LogP contribution is 2.36. The third-order valence-corrected chi connectivity index (χ3v) is 13.6. The molecule has 320 valence electrons. The molecule has 2 N–H and O–H groups in total.